The van der Waals surface area contributed by atoms with Crippen LogP contribution in [0.15, 0.2) is 103 Å². The number of hydrogen-bond acceptors (Lipinski definition) is 5. The molecule has 33 heavy (non-hydrogen) atoms. The average molecular weight is 429 g/mol. The van der Waals surface area contributed by atoms with Crippen molar-refractivity contribution < 1.29 is 9.47 Å². The Hall–Kier alpha value is -4.74. The molecule has 0 bridgehead atoms. The molecule has 1 aliphatic rings. The molecule has 4 aromatic rings. The Balaban J connectivity index is 1.79. The molecule has 0 fully saturated rings. The van der Waals surface area contributed by atoms with Gasteiger partial charge in [0.05, 0.1) is 11.5 Å². The lowest BCUT2D eigenvalue weighted by Crippen LogP contribution is -2.35. The maximum Gasteiger partial charge on any atom is 0.292 e. The van der Waals surface area contributed by atoms with Crippen molar-refractivity contribution in [1.29, 1.82) is 10.5 Å². The molecule has 4 aromatic carbocycles. The monoisotopic (exact) mass is 429 g/mol. The van der Waals surface area contributed by atoms with Gasteiger partial charge in [0.15, 0.2) is 0 Å². The first-order valence-corrected chi connectivity index (χ1v) is 10.5. The lowest BCUT2D eigenvalue weighted by Gasteiger charge is -2.37. The smallest absolute Gasteiger partial charge is 0.292 e. The van der Waals surface area contributed by atoms with Crippen molar-refractivity contribution in [2.75, 3.05) is 5.32 Å². The highest BCUT2D eigenvalue weighted by molar-refractivity contribution is 5.72. The first-order chi connectivity index (χ1) is 16.3. The molecule has 0 aliphatic carbocycles. The van der Waals surface area contributed by atoms with E-state index in [9.17, 15) is 0 Å². The van der Waals surface area contributed by atoms with E-state index < -0.39 is 5.41 Å². The number of nitrogens with zero attached hydrogens (tertiary/aromatic N) is 2. The molecule has 0 amide bonds. The van der Waals surface area contributed by atoms with Crippen LogP contribution in [0.2, 0.25) is 0 Å². The molecule has 0 aromatic heterocycles. The van der Waals surface area contributed by atoms with Gasteiger partial charge in [0.1, 0.15) is 11.5 Å². The van der Waals surface area contributed by atoms with Crippen LogP contribution in [0.1, 0.15) is 28.3 Å². The van der Waals surface area contributed by atoms with Crippen LogP contribution in [-0.4, -0.2) is 0 Å². The third kappa shape index (κ3) is 3.33. The average Bonchev–Trinajstić information content (AvgIpc) is 3.22. The molecule has 1 atom stereocenters. The second-order valence-corrected chi connectivity index (χ2v) is 7.78. The Bertz CT molecular complexity index is 1290. The standard InChI is InChI=1S/C28H19N3O2/c29-18-32-23-14-10-21(11-15-23)28(22-12-16-24(17-13-22)33-19-30)25-8-4-5-9-26(25)31-27(28)20-6-2-1-3-7-20/h1-17,27,31H. The number of para-hydroxylation sites is 1. The Morgan fingerprint density at radius 2 is 1.15 bits per heavy atom. The highest BCUT2D eigenvalue weighted by atomic mass is 16.5. The SMILES string of the molecule is N#COc1ccc(C2(c3ccc(OC#N)cc3)c3ccccc3NC2c2ccccc2)cc1. The Morgan fingerprint density at radius 1 is 0.636 bits per heavy atom. The number of rotatable bonds is 5. The maximum absolute atomic E-state index is 8.90. The Kier molecular flexibility index (Phi) is 5.15. The van der Waals surface area contributed by atoms with Crippen LogP contribution in [0, 0.1) is 23.0 Å². The van der Waals surface area contributed by atoms with Crippen LogP contribution < -0.4 is 14.8 Å². The zero-order valence-corrected chi connectivity index (χ0v) is 17.6. The molecule has 1 N–H and O–H groups in total. The summed E-state index contributed by atoms with van der Waals surface area (Å²) in [6.07, 6.45) is 3.46. The highest BCUT2D eigenvalue weighted by Crippen LogP contribution is 2.56. The van der Waals surface area contributed by atoms with E-state index in [1.54, 1.807) is 12.5 Å². The van der Waals surface area contributed by atoms with E-state index in [4.69, 9.17) is 20.0 Å². The van der Waals surface area contributed by atoms with Crippen LogP contribution >= 0.6 is 0 Å². The number of hydrogen-bond donors (Lipinski definition) is 1. The van der Waals surface area contributed by atoms with Crippen molar-refractivity contribution in [3.8, 4) is 24.0 Å². The molecule has 0 radical (unpaired) electrons. The minimum Gasteiger partial charge on any atom is -0.388 e. The molecule has 5 heteroatoms. The molecule has 0 saturated carbocycles. The molecule has 1 aliphatic heterocycles. The summed E-state index contributed by atoms with van der Waals surface area (Å²) in [6.45, 7) is 0. The van der Waals surface area contributed by atoms with Gasteiger partial charge < -0.3 is 14.8 Å². The molecular weight excluding hydrogens is 410 g/mol. The first-order valence-electron chi connectivity index (χ1n) is 10.5. The predicted octanol–water partition coefficient (Wildman–Crippen LogP) is 5.91. The van der Waals surface area contributed by atoms with Gasteiger partial charge in [-0.3, -0.25) is 0 Å². The van der Waals surface area contributed by atoms with Crippen molar-refractivity contribution in [1.82, 2.24) is 0 Å². The zero-order chi connectivity index (χ0) is 22.7. The number of fused-ring (bicyclic) bond motifs is 1. The number of anilines is 1. The summed E-state index contributed by atoms with van der Waals surface area (Å²) >= 11 is 0. The minimum atomic E-state index is -0.575. The summed E-state index contributed by atoms with van der Waals surface area (Å²) in [6, 6.07) is 33.8. The van der Waals surface area contributed by atoms with Crippen LogP contribution in [-0.2, 0) is 5.41 Å². The number of benzene rings is 4. The van der Waals surface area contributed by atoms with E-state index in [1.165, 1.54) is 0 Å². The Morgan fingerprint density at radius 3 is 1.70 bits per heavy atom. The van der Waals surface area contributed by atoms with Gasteiger partial charge in [-0.05, 0) is 52.6 Å². The lowest BCUT2D eigenvalue weighted by molar-refractivity contribution is 0.502. The predicted molar refractivity (Wildman–Crippen MR) is 124 cm³/mol. The van der Waals surface area contributed by atoms with E-state index in [1.807, 2.05) is 78.9 Å². The Labute approximate surface area is 192 Å². The van der Waals surface area contributed by atoms with Gasteiger partial charge in [-0.1, -0.05) is 72.8 Å². The van der Waals surface area contributed by atoms with Crippen molar-refractivity contribution in [3.63, 3.8) is 0 Å². The van der Waals surface area contributed by atoms with Gasteiger partial charge in [-0.25, -0.2) is 0 Å². The third-order valence-corrected chi connectivity index (χ3v) is 6.16. The van der Waals surface area contributed by atoms with Gasteiger partial charge >= 0.3 is 0 Å². The van der Waals surface area contributed by atoms with Gasteiger partial charge in [0, 0.05) is 5.69 Å². The van der Waals surface area contributed by atoms with Crippen LogP contribution in [0.3, 0.4) is 0 Å². The van der Waals surface area contributed by atoms with Crippen molar-refractivity contribution in [3.05, 3.63) is 125 Å². The van der Waals surface area contributed by atoms with Gasteiger partial charge in [0.2, 0.25) is 0 Å². The van der Waals surface area contributed by atoms with E-state index >= 15 is 0 Å². The summed E-state index contributed by atoms with van der Waals surface area (Å²) in [4.78, 5) is 0. The van der Waals surface area contributed by atoms with E-state index in [0.717, 1.165) is 27.9 Å². The molecule has 0 saturated heterocycles. The van der Waals surface area contributed by atoms with Gasteiger partial charge in [-0.15, -0.1) is 10.5 Å². The first kappa shape index (κ1) is 20.2. The van der Waals surface area contributed by atoms with E-state index in [2.05, 4.69) is 29.6 Å². The summed E-state index contributed by atoms with van der Waals surface area (Å²) in [5.74, 6) is 0.981. The lowest BCUT2D eigenvalue weighted by atomic mass is 9.65. The second kappa shape index (κ2) is 8.42. The normalized spacial score (nSPS) is 15.4. The molecule has 5 nitrogen and oxygen atoms in total. The van der Waals surface area contributed by atoms with E-state index in [-0.39, 0.29) is 6.04 Å². The molecule has 5 rings (SSSR count). The fourth-order valence-corrected chi connectivity index (χ4v) is 4.84. The molecule has 0 spiro atoms. The molecule has 1 heterocycles. The van der Waals surface area contributed by atoms with Crippen LogP contribution in [0.4, 0.5) is 5.69 Å². The van der Waals surface area contributed by atoms with Crippen molar-refractivity contribution in [2.45, 2.75) is 11.5 Å². The van der Waals surface area contributed by atoms with Crippen LogP contribution in [0.25, 0.3) is 0 Å². The van der Waals surface area contributed by atoms with Crippen molar-refractivity contribution in [2.24, 2.45) is 0 Å². The summed E-state index contributed by atoms with van der Waals surface area (Å²) in [5.41, 5.74) is 4.86. The molecular formula is C28H19N3O2. The topological polar surface area (TPSA) is 78.1 Å². The third-order valence-electron chi connectivity index (χ3n) is 6.16. The van der Waals surface area contributed by atoms with Gasteiger partial charge in [0.25, 0.3) is 12.5 Å². The fraction of sp³-hybridized carbons (Fsp3) is 0.0714. The maximum atomic E-state index is 8.90. The minimum absolute atomic E-state index is 0.0958. The summed E-state index contributed by atoms with van der Waals surface area (Å²) in [5, 5.41) is 21.6. The molecule has 1 unspecified atom stereocenters. The highest BCUT2D eigenvalue weighted by Gasteiger charge is 2.50. The zero-order valence-electron chi connectivity index (χ0n) is 17.6. The van der Waals surface area contributed by atoms with Gasteiger partial charge in [-0.2, -0.15) is 0 Å². The number of ether oxygens (including phenoxy) is 2. The summed E-state index contributed by atoms with van der Waals surface area (Å²) < 4.78 is 10.1. The van der Waals surface area contributed by atoms with Crippen molar-refractivity contribution >= 4 is 5.69 Å². The largest absolute Gasteiger partial charge is 0.388 e. The van der Waals surface area contributed by atoms with E-state index in [0.29, 0.717) is 11.5 Å². The quantitative estimate of drug-likeness (QED) is 0.399. The fourth-order valence-electron chi connectivity index (χ4n) is 4.84. The summed E-state index contributed by atoms with van der Waals surface area (Å²) in [7, 11) is 0. The number of nitriles is 2. The second-order valence-electron chi connectivity index (χ2n) is 7.78. The number of nitrogens with one attached hydrogen (secondary N) is 1. The van der Waals surface area contributed by atoms with Crippen LogP contribution in [0.5, 0.6) is 11.5 Å². The molecule has 158 valence electrons.